The zero-order chi connectivity index (χ0) is 12.4. The van der Waals surface area contributed by atoms with Crippen LogP contribution in [0.3, 0.4) is 0 Å². The molecule has 18 heavy (non-hydrogen) atoms. The zero-order valence-corrected chi connectivity index (χ0v) is 10.3. The third-order valence-corrected chi connectivity index (χ3v) is 2.89. The van der Waals surface area contributed by atoms with Crippen molar-refractivity contribution in [3.05, 3.63) is 59.8 Å². The Morgan fingerprint density at radius 2 is 2.06 bits per heavy atom. The highest BCUT2D eigenvalue weighted by Gasteiger charge is 2.04. The SMILES string of the molecule is Clc1cc(NCc2ccncc2)c2nccn2c1. The number of pyridine rings is 2. The summed E-state index contributed by atoms with van der Waals surface area (Å²) in [5.41, 5.74) is 2.95. The van der Waals surface area contributed by atoms with E-state index >= 15 is 0 Å². The van der Waals surface area contributed by atoms with Gasteiger partial charge in [-0.05, 0) is 23.8 Å². The molecule has 4 nitrogen and oxygen atoms in total. The van der Waals surface area contributed by atoms with Crippen molar-refractivity contribution in [2.45, 2.75) is 6.54 Å². The number of imidazole rings is 1. The molecule has 0 saturated heterocycles. The molecule has 0 atom stereocenters. The van der Waals surface area contributed by atoms with E-state index in [1.807, 2.05) is 35.0 Å². The molecular formula is C13H11ClN4. The second-order valence-electron chi connectivity index (χ2n) is 3.94. The van der Waals surface area contributed by atoms with Crippen molar-refractivity contribution < 1.29 is 0 Å². The number of rotatable bonds is 3. The van der Waals surface area contributed by atoms with Gasteiger partial charge in [0.1, 0.15) is 0 Å². The van der Waals surface area contributed by atoms with Gasteiger partial charge in [-0.15, -0.1) is 0 Å². The van der Waals surface area contributed by atoms with Crippen LogP contribution in [0.4, 0.5) is 5.69 Å². The predicted octanol–water partition coefficient (Wildman–Crippen LogP) is 2.99. The van der Waals surface area contributed by atoms with Crippen LogP contribution in [0.15, 0.2) is 49.2 Å². The van der Waals surface area contributed by atoms with E-state index < -0.39 is 0 Å². The van der Waals surface area contributed by atoms with Gasteiger partial charge in [-0.2, -0.15) is 0 Å². The molecule has 0 amide bonds. The van der Waals surface area contributed by atoms with Gasteiger partial charge in [0.2, 0.25) is 0 Å². The molecule has 0 spiro atoms. The molecule has 3 aromatic heterocycles. The van der Waals surface area contributed by atoms with Crippen LogP contribution in [0, 0.1) is 0 Å². The van der Waals surface area contributed by atoms with E-state index in [9.17, 15) is 0 Å². The van der Waals surface area contributed by atoms with E-state index in [1.165, 1.54) is 0 Å². The standard InChI is InChI=1S/C13H11ClN4/c14-11-7-12(13-16-5-6-18(13)9-11)17-8-10-1-3-15-4-2-10/h1-7,9,17H,8H2. The minimum absolute atomic E-state index is 0.678. The normalized spacial score (nSPS) is 10.7. The van der Waals surface area contributed by atoms with Crippen molar-refractivity contribution in [3.8, 4) is 0 Å². The Morgan fingerprint density at radius 1 is 1.22 bits per heavy atom. The summed E-state index contributed by atoms with van der Waals surface area (Å²) in [4.78, 5) is 8.29. The summed E-state index contributed by atoms with van der Waals surface area (Å²) in [6.07, 6.45) is 9.02. The molecule has 3 heterocycles. The lowest BCUT2D eigenvalue weighted by Crippen LogP contribution is -2.01. The number of fused-ring (bicyclic) bond motifs is 1. The smallest absolute Gasteiger partial charge is 0.160 e. The van der Waals surface area contributed by atoms with Gasteiger partial charge in [-0.1, -0.05) is 11.6 Å². The van der Waals surface area contributed by atoms with Gasteiger partial charge >= 0.3 is 0 Å². The predicted molar refractivity (Wildman–Crippen MR) is 71.8 cm³/mol. The van der Waals surface area contributed by atoms with Crippen LogP contribution in [-0.4, -0.2) is 14.4 Å². The molecule has 0 aliphatic rings. The number of nitrogens with one attached hydrogen (secondary N) is 1. The fraction of sp³-hybridized carbons (Fsp3) is 0.0769. The third-order valence-electron chi connectivity index (χ3n) is 2.69. The van der Waals surface area contributed by atoms with E-state index in [0.29, 0.717) is 11.6 Å². The number of nitrogens with zero attached hydrogens (tertiary/aromatic N) is 3. The molecule has 3 rings (SSSR count). The number of halogens is 1. The minimum Gasteiger partial charge on any atom is -0.378 e. The first kappa shape index (κ1) is 11.0. The van der Waals surface area contributed by atoms with Crippen LogP contribution in [0.25, 0.3) is 5.65 Å². The van der Waals surface area contributed by atoms with E-state index in [0.717, 1.165) is 16.9 Å². The quantitative estimate of drug-likeness (QED) is 0.785. The molecule has 0 radical (unpaired) electrons. The van der Waals surface area contributed by atoms with Crippen LogP contribution in [-0.2, 0) is 6.54 Å². The monoisotopic (exact) mass is 258 g/mol. The third kappa shape index (κ3) is 2.15. The van der Waals surface area contributed by atoms with Crippen molar-refractivity contribution in [1.82, 2.24) is 14.4 Å². The van der Waals surface area contributed by atoms with Crippen molar-refractivity contribution in [2.75, 3.05) is 5.32 Å². The molecule has 5 heteroatoms. The molecule has 0 fully saturated rings. The summed E-state index contributed by atoms with van der Waals surface area (Å²) in [6, 6.07) is 5.83. The maximum Gasteiger partial charge on any atom is 0.160 e. The van der Waals surface area contributed by atoms with Crippen LogP contribution in [0.2, 0.25) is 5.02 Å². The number of hydrogen-bond acceptors (Lipinski definition) is 3. The topological polar surface area (TPSA) is 42.2 Å². The number of aromatic nitrogens is 3. The van der Waals surface area contributed by atoms with Crippen molar-refractivity contribution in [1.29, 1.82) is 0 Å². The fourth-order valence-electron chi connectivity index (χ4n) is 1.83. The summed E-state index contributed by atoms with van der Waals surface area (Å²) in [5, 5.41) is 4.01. The molecule has 1 N–H and O–H groups in total. The highest BCUT2D eigenvalue weighted by atomic mass is 35.5. The van der Waals surface area contributed by atoms with Crippen LogP contribution >= 0.6 is 11.6 Å². The van der Waals surface area contributed by atoms with Gasteiger partial charge in [0.25, 0.3) is 0 Å². The summed E-state index contributed by atoms with van der Waals surface area (Å²) in [5.74, 6) is 0. The Hall–Kier alpha value is -2.07. The fourth-order valence-corrected chi connectivity index (χ4v) is 2.04. The molecule has 0 aromatic carbocycles. The molecule has 0 bridgehead atoms. The van der Waals surface area contributed by atoms with E-state index in [1.54, 1.807) is 18.6 Å². The first-order chi connectivity index (χ1) is 8.83. The lowest BCUT2D eigenvalue weighted by Gasteiger charge is -2.08. The lowest BCUT2D eigenvalue weighted by molar-refractivity contribution is 1.11. The van der Waals surface area contributed by atoms with E-state index in [-0.39, 0.29) is 0 Å². The summed E-state index contributed by atoms with van der Waals surface area (Å²) in [7, 11) is 0. The van der Waals surface area contributed by atoms with E-state index in [2.05, 4.69) is 15.3 Å². The number of anilines is 1. The molecule has 0 aliphatic heterocycles. The first-order valence-corrected chi connectivity index (χ1v) is 5.96. The van der Waals surface area contributed by atoms with Crippen molar-refractivity contribution >= 4 is 22.9 Å². The lowest BCUT2D eigenvalue weighted by atomic mass is 10.2. The molecule has 90 valence electrons. The molecule has 0 unspecified atom stereocenters. The van der Waals surface area contributed by atoms with Gasteiger partial charge < -0.3 is 9.72 Å². The Labute approximate surface area is 109 Å². The average molecular weight is 259 g/mol. The van der Waals surface area contributed by atoms with Gasteiger partial charge in [-0.3, -0.25) is 4.98 Å². The zero-order valence-electron chi connectivity index (χ0n) is 9.55. The van der Waals surface area contributed by atoms with Crippen LogP contribution < -0.4 is 5.32 Å². The van der Waals surface area contributed by atoms with Crippen molar-refractivity contribution in [3.63, 3.8) is 0 Å². The van der Waals surface area contributed by atoms with Gasteiger partial charge in [0, 0.05) is 37.5 Å². The van der Waals surface area contributed by atoms with Crippen molar-refractivity contribution in [2.24, 2.45) is 0 Å². The largest absolute Gasteiger partial charge is 0.378 e. The maximum absolute atomic E-state index is 6.06. The minimum atomic E-state index is 0.678. The van der Waals surface area contributed by atoms with Gasteiger partial charge in [-0.25, -0.2) is 4.98 Å². The maximum atomic E-state index is 6.06. The summed E-state index contributed by atoms with van der Waals surface area (Å²) < 4.78 is 1.90. The summed E-state index contributed by atoms with van der Waals surface area (Å²) >= 11 is 6.06. The number of hydrogen-bond donors (Lipinski definition) is 1. The second-order valence-corrected chi connectivity index (χ2v) is 4.38. The average Bonchev–Trinajstić information content (AvgIpc) is 2.85. The molecule has 3 aromatic rings. The second kappa shape index (κ2) is 4.66. The molecule has 0 aliphatic carbocycles. The Morgan fingerprint density at radius 3 is 2.89 bits per heavy atom. The van der Waals surface area contributed by atoms with Gasteiger partial charge in [0.05, 0.1) is 10.7 Å². The van der Waals surface area contributed by atoms with E-state index in [4.69, 9.17) is 11.6 Å². The molecule has 0 saturated carbocycles. The van der Waals surface area contributed by atoms with Crippen LogP contribution in [0.1, 0.15) is 5.56 Å². The summed E-state index contributed by atoms with van der Waals surface area (Å²) in [6.45, 7) is 0.714. The highest BCUT2D eigenvalue weighted by Crippen LogP contribution is 2.21. The Kier molecular flexibility index (Phi) is 2.86. The Balaban J connectivity index is 1.88. The molecular weight excluding hydrogens is 248 g/mol. The highest BCUT2D eigenvalue weighted by molar-refractivity contribution is 6.30. The Bertz CT molecular complexity index is 663. The first-order valence-electron chi connectivity index (χ1n) is 5.58. The van der Waals surface area contributed by atoms with Crippen LogP contribution in [0.5, 0.6) is 0 Å². The van der Waals surface area contributed by atoms with Gasteiger partial charge in [0.15, 0.2) is 5.65 Å².